The van der Waals surface area contributed by atoms with Crippen LogP contribution in [0.4, 0.5) is 5.69 Å². The van der Waals surface area contributed by atoms with Crippen LogP contribution in [0, 0.1) is 13.8 Å². The minimum Gasteiger partial charge on any atom is -0.335 e. The lowest BCUT2D eigenvalue weighted by Gasteiger charge is -2.27. The maximum atomic E-state index is 12.9. The molecule has 1 fully saturated rings. The average molecular weight is 436 g/mol. The topological polar surface area (TPSA) is 86.8 Å². The molecule has 3 rings (SSSR count). The van der Waals surface area contributed by atoms with Gasteiger partial charge in [0.1, 0.15) is 10.3 Å². The van der Waals surface area contributed by atoms with Crippen molar-refractivity contribution in [3.63, 3.8) is 0 Å². The molecule has 2 aromatic rings. The summed E-state index contributed by atoms with van der Waals surface area (Å²) in [7, 11) is -2.18. The van der Waals surface area contributed by atoms with Crippen molar-refractivity contribution in [1.29, 1.82) is 0 Å². The molecule has 0 saturated carbocycles. The Morgan fingerprint density at radius 1 is 1.21 bits per heavy atom. The molecule has 0 bridgehead atoms. The van der Waals surface area contributed by atoms with E-state index in [1.807, 2.05) is 32.0 Å². The summed E-state index contributed by atoms with van der Waals surface area (Å²) >= 11 is 1.13. The summed E-state index contributed by atoms with van der Waals surface area (Å²) in [4.78, 5) is 26.7. The molecule has 1 N–H and O–H groups in total. The molecule has 1 unspecified atom stereocenters. The maximum Gasteiger partial charge on any atom is 0.253 e. The number of hydrogen-bond donors (Lipinski definition) is 1. The molecule has 1 aromatic carbocycles. The van der Waals surface area contributed by atoms with Crippen LogP contribution in [-0.4, -0.2) is 55.6 Å². The summed E-state index contributed by atoms with van der Waals surface area (Å²) in [6.07, 6.45) is 1.07. The van der Waals surface area contributed by atoms with Crippen LogP contribution in [0.1, 0.15) is 24.0 Å². The second-order valence-corrected chi connectivity index (χ2v) is 10.3. The number of nitrogens with zero attached hydrogens (tertiary/aromatic N) is 2. The molecule has 0 spiro atoms. The Bertz CT molecular complexity index is 982. The number of hydrogen-bond acceptors (Lipinski definition) is 5. The minimum absolute atomic E-state index is 0.143. The van der Waals surface area contributed by atoms with Gasteiger partial charge in [0, 0.05) is 19.3 Å². The fourth-order valence-corrected chi connectivity index (χ4v) is 6.31. The number of amides is 2. The van der Waals surface area contributed by atoms with Crippen molar-refractivity contribution in [1.82, 2.24) is 9.21 Å². The fourth-order valence-electron chi connectivity index (χ4n) is 3.54. The number of carbonyl (C=O) groups is 2. The predicted octanol–water partition coefficient (Wildman–Crippen LogP) is 2.62. The Morgan fingerprint density at radius 2 is 1.90 bits per heavy atom. The smallest absolute Gasteiger partial charge is 0.253 e. The van der Waals surface area contributed by atoms with E-state index < -0.39 is 16.1 Å². The van der Waals surface area contributed by atoms with Crippen LogP contribution in [0.15, 0.2) is 39.9 Å². The summed E-state index contributed by atoms with van der Waals surface area (Å²) in [5.41, 5.74) is 2.62. The largest absolute Gasteiger partial charge is 0.335 e. The molecule has 2 amide bonds. The van der Waals surface area contributed by atoms with E-state index in [1.54, 1.807) is 17.5 Å². The van der Waals surface area contributed by atoms with Gasteiger partial charge in [-0.05, 0) is 49.3 Å². The lowest BCUT2D eigenvalue weighted by atomic mass is 10.1. The third-order valence-electron chi connectivity index (χ3n) is 5.05. The third kappa shape index (κ3) is 4.52. The standard InChI is InChI=1S/C20H25N3O4S2/c1-14-7-4-8-15(2)19(14)21-17(24)13-22(3)20(25)16-9-5-11-23(16)29(26,27)18-10-6-12-28-18/h4,6-8,10,12,16H,5,9,11,13H2,1-3H3,(H,21,24). The first-order valence-electron chi connectivity index (χ1n) is 9.38. The molecule has 9 heteroatoms. The van der Waals surface area contributed by atoms with Crippen molar-refractivity contribution >= 4 is 38.9 Å². The Morgan fingerprint density at radius 3 is 2.52 bits per heavy atom. The van der Waals surface area contributed by atoms with E-state index in [9.17, 15) is 18.0 Å². The summed E-state index contributed by atoms with van der Waals surface area (Å²) in [5, 5.41) is 4.55. The number of benzene rings is 1. The molecule has 1 saturated heterocycles. The van der Waals surface area contributed by atoms with Gasteiger partial charge in [0.2, 0.25) is 11.8 Å². The summed E-state index contributed by atoms with van der Waals surface area (Å²) in [5.74, 6) is -0.678. The molecule has 0 aliphatic carbocycles. The monoisotopic (exact) mass is 435 g/mol. The Balaban J connectivity index is 1.68. The molecular weight excluding hydrogens is 410 g/mol. The third-order valence-corrected chi connectivity index (χ3v) is 8.33. The first-order chi connectivity index (χ1) is 13.7. The zero-order valence-corrected chi connectivity index (χ0v) is 18.3. The number of anilines is 1. The second kappa shape index (κ2) is 8.64. The van der Waals surface area contributed by atoms with Gasteiger partial charge in [-0.1, -0.05) is 24.3 Å². The zero-order chi connectivity index (χ0) is 21.2. The molecule has 7 nitrogen and oxygen atoms in total. The van der Waals surface area contributed by atoms with Crippen molar-refractivity contribution in [2.24, 2.45) is 0 Å². The van der Waals surface area contributed by atoms with Crippen molar-refractivity contribution < 1.29 is 18.0 Å². The maximum absolute atomic E-state index is 12.9. The van der Waals surface area contributed by atoms with E-state index in [2.05, 4.69) is 5.32 Å². The normalized spacial score (nSPS) is 17.3. The van der Waals surface area contributed by atoms with Crippen LogP contribution in [0.2, 0.25) is 0 Å². The Kier molecular flexibility index (Phi) is 6.40. The second-order valence-electron chi connectivity index (χ2n) is 7.22. The molecule has 29 heavy (non-hydrogen) atoms. The van der Waals surface area contributed by atoms with Gasteiger partial charge in [-0.15, -0.1) is 11.3 Å². The number of aryl methyl sites for hydroxylation is 2. The lowest BCUT2D eigenvalue weighted by molar-refractivity contribution is -0.136. The molecular formula is C20H25N3O4S2. The zero-order valence-electron chi connectivity index (χ0n) is 16.7. The first-order valence-corrected chi connectivity index (χ1v) is 11.7. The predicted molar refractivity (Wildman–Crippen MR) is 113 cm³/mol. The highest BCUT2D eigenvalue weighted by Crippen LogP contribution is 2.29. The van der Waals surface area contributed by atoms with Gasteiger partial charge < -0.3 is 10.2 Å². The Hall–Kier alpha value is -2.23. The van der Waals surface area contributed by atoms with Gasteiger partial charge in [-0.3, -0.25) is 9.59 Å². The number of thiophene rings is 1. The van der Waals surface area contributed by atoms with Gasteiger partial charge in [-0.2, -0.15) is 4.31 Å². The first kappa shape index (κ1) is 21.5. The van der Waals surface area contributed by atoms with Crippen LogP contribution in [0.5, 0.6) is 0 Å². The van der Waals surface area contributed by atoms with Gasteiger partial charge >= 0.3 is 0 Å². The summed E-state index contributed by atoms with van der Waals surface area (Å²) < 4.78 is 27.2. The SMILES string of the molecule is Cc1cccc(C)c1NC(=O)CN(C)C(=O)C1CCCN1S(=O)(=O)c1cccs1. The number of sulfonamides is 1. The molecule has 1 atom stereocenters. The van der Waals surface area contributed by atoms with E-state index in [4.69, 9.17) is 0 Å². The van der Waals surface area contributed by atoms with Crippen molar-refractivity contribution in [3.05, 3.63) is 46.8 Å². The number of nitrogens with one attached hydrogen (secondary N) is 1. The van der Waals surface area contributed by atoms with Crippen molar-refractivity contribution in [2.75, 3.05) is 25.5 Å². The molecule has 2 heterocycles. The van der Waals surface area contributed by atoms with Gasteiger partial charge in [0.05, 0.1) is 6.54 Å². The average Bonchev–Trinajstić information content (AvgIpc) is 3.36. The Labute approximate surface area is 175 Å². The van der Waals surface area contributed by atoms with Crippen LogP contribution >= 0.6 is 11.3 Å². The van der Waals surface area contributed by atoms with Gasteiger partial charge in [-0.25, -0.2) is 8.42 Å². The fraction of sp³-hybridized carbons (Fsp3) is 0.400. The number of likely N-dealkylation sites (N-methyl/N-ethyl adjacent to an activating group) is 1. The van der Waals surface area contributed by atoms with Crippen LogP contribution in [0.3, 0.4) is 0 Å². The van der Waals surface area contributed by atoms with Gasteiger partial charge in [0.15, 0.2) is 0 Å². The highest BCUT2D eigenvalue weighted by molar-refractivity contribution is 7.91. The molecule has 1 aliphatic rings. The van der Waals surface area contributed by atoms with Crippen molar-refractivity contribution in [2.45, 2.75) is 36.9 Å². The highest BCUT2D eigenvalue weighted by Gasteiger charge is 2.41. The number of rotatable bonds is 6. The summed E-state index contributed by atoms with van der Waals surface area (Å²) in [6.45, 7) is 3.97. The quantitative estimate of drug-likeness (QED) is 0.756. The van der Waals surface area contributed by atoms with E-state index in [-0.39, 0.29) is 22.6 Å². The number of carbonyl (C=O) groups excluding carboxylic acids is 2. The van der Waals surface area contributed by atoms with Crippen LogP contribution in [-0.2, 0) is 19.6 Å². The molecule has 1 aromatic heterocycles. The van der Waals surface area contributed by atoms with E-state index in [0.717, 1.165) is 28.2 Å². The number of para-hydroxylation sites is 1. The molecule has 0 radical (unpaired) electrons. The van der Waals surface area contributed by atoms with E-state index >= 15 is 0 Å². The van der Waals surface area contributed by atoms with Crippen LogP contribution in [0.25, 0.3) is 0 Å². The lowest BCUT2D eigenvalue weighted by Crippen LogP contribution is -2.48. The molecule has 1 aliphatic heterocycles. The molecule has 156 valence electrons. The minimum atomic E-state index is -3.71. The van der Waals surface area contributed by atoms with Crippen molar-refractivity contribution in [3.8, 4) is 0 Å². The highest BCUT2D eigenvalue weighted by atomic mass is 32.2. The van der Waals surface area contributed by atoms with Gasteiger partial charge in [0.25, 0.3) is 10.0 Å². The summed E-state index contributed by atoms with van der Waals surface area (Å²) in [6, 6.07) is 8.17. The van der Waals surface area contributed by atoms with Crippen LogP contribution < -0.4 is 5.32 Å². The van der Waals surface area contributed by atoms with E-state index in [0.29, 0.717) is 19.4 Å². The van der Waals surface area contributed by atoms with E-state index in [1.165, 1.54) is 16.3 Å².